The highest BCUT2D eigenvalue weighted by Gasteiger charge is 2.12. The highest BCUT2D eigenvalue weighted by Crippen LogP contribution is 2.23. The van der Waals surface area contributed by atoms with Gasteiger partial charge in [0.15, 0.2) is 0 Å². The number of aromatic nitrogens is 2. The van der Waals surface area contributed by atoms with Gasteiger partial charge < -0.3 is 14.6 Å². The molecular formula is C16H26N4S. The second-order valence-electron chi connectivity index (χ2n) is 5.97. The third-order valence-corrected chi connectivity index (χ3v) is 4.20. The SMILES string of the molecule is CC(C)CNCc1c(SCCN(C)C)nc2ccccn12. The zero-order chi connectivity index (χ0) is 15.2. The standard InChI is InChI=1S/C16H26N4S/c1-13(2)11-17-12-14-16(21-10-9-19(3)4)18-15-7-5-6-8-20(14)15/h5-8,13,17H,9-12H2,1-4H3. The minimum atomic E-state index is 0.661. The molecule has 0 spiro atoms. The predicted molar refractivity (Wildman–Crippen MR) is 91.0 cm³/mol. The first kappa shape index (κ1) is 16.3. The molecule has 21 heavy (non-hydrogen) atoms. The summed E-state index contributed by atoms with van der Waals surface area (Å²) < 4.78 is 2.20. The molecule has 2 heterocycles. The number of rotatable bonds is 8. The normalized spacial score (nSPS) is 11.9. The Balaban J connectivity index is 2.13. The van der Waals surface area contributed by atoms with E-state index in [-0.39, 0.29) is 0 Å². The summed E-state index contributed by atoms with van der Waals surface area (Å²) in [5.41, 5.74) is 2.31. The maximum absolute atomic E-state index is 4.77. The molecule has 2 aromatic heterocycles. The van der Waals surface area contributed by atoms with E-state index in [4.69, 9.17) is 4.98 Å². The van der Waals surface area contributed by atoms with Crippen LogP contribution in [0.2, 0.25) is 0 Å². The number of hydrogen-bond donors (Lipinski definition) is 1. The summed E-state index contributed by atoms with van der Waals surface area (Å²) in [6.45, 7) is 7.43. The Morgan fingerprint density at radius 2 is 2.14 bits per heavy atom. The smallest absolute Gasteiger partial charge is 0.138 e. The highest BCUT2D eigenvalue weighted by atomic mass is 32.2. The van der Waals surface area contributed by atoms with Crippen molar-refractivity contribution in [1.29, 1.82) is 0 Å². The van der Waals surface area contributed by atoms with Crippen LogP contribution >= 0.6 is 11.8 Å². The van der Waals surface area contributed by atoms with Crippen molar-refractivity contribution in [2.24, 2.45) is 5.92 Å². The molecule has 2 rings (SSSR count). The van der Waals surface area contributed by atoms with Gasteiger partial charge >= 0.3 is 0 Å². The summed E-state index contributed by atoms with van der Waals surface area (Å²) in [6.07, 6.45) is 2.10. The summed E-state index contributed by atoms with van der Waals surface area (Å²) in [7, 11) is 4.21. The highest BCUT2D eigenvalue weighted by molar-refractivity contribution is 7.99. The van der Waals surface area contributed by atoms with Crippen LogP contribution in [0.5, 0.6) is 0 Å². The first-order valence-corrected chi connectivity index (χ1v) is 8.50. The molecule has 0 saturated heterocycles. The second kappa shape index (κ2) is 7.82. The number of hydrogen-bond acceptors (Lipinski definition) is 4. The Bertz CT molecular complexity index is 562. The Hall–Kier alpha value is -1.04. The van der Waals surface area contributed by atoms with Gasteiger partial charge in [-0.15, -0.1) is 11.8 Å². The Morgan fingerprint density at radius 3 is 2.86 bits per heavy atom. The maximum atomic E-state index is 4.77. The van der Waals surface area contributed by atoms with Crippen LogP contribution in [0, 0.1) is 5.92 Å². The van der Waals surface area contributed by atoms with Gasteiger partial charge in [-0.25, -0.2) is 4.98 Å². The van der Waals surface area contributed by atoms with E-state index in [1.54, 1.807) is 0 Å². The van der Waals surface area contributed by atoms with E-state index in [9.17, 15) is 0 Å². The van der Waals surface area contributed by atoms with Gasteiger partial charge in [-0.2, -0.15) is 0 Å². The second-order valence-corrected chi connectivity index (χ2v) is 7.05. The maximum Gasteiger partial charge on any atom is 0.138 e. The van der Waals surface area contributed by atoms with Crippen LogP contribution in [0.15, 0.2) is 29.4 Å². The topological polar surface area (TPSA) is 32.6 Å². The molecule has 4 nitrogen and oxygen atoms in total. The average Bonchev–Trinajstić information content (AvgIpc) is 2.76. The van der Waals surface area contributed by atoms with E-state index in [2.05, 4.69) is 60.9 Å². The molecule has 0 aliphatic rings. The van der Waals surface area contributed by atoms with Crippen molar-refractivity contribution in [2.75, 3.05) is 32.9 Å². The van der Waals surface area contributed by atoms with E-state index >= 15 is 0 Å². The summed E-state index contributed by atoms with van der Waals surface area (Å²) >= 11 is 1.85. The molecular weight excluding hydrogens is 280 g/mol. The zero-order valence-corrected chi connectivity index (χ0v) is 14.3. The molecule has 0 aromatic carbocycles. The number of thioether (sulfide) groups is 1. The third-order valence-electron chi connectivity index (χ3n) is 3.21. The molecule has 116 valence electrons. The van der Waals surface area contributed by atoms with Gasteiger partial charge in [-0.1, -0.05) is 19.9 Å². The van der Waals surface area contributed by atoms with E-state index in [0.29, 0.717) is 5.92 Å². The van der Waals surface area contributed by atoms with E-state index < -0.39 is 0 Å². The fraction of sp³-hybridized carbons (Fsp3) is 0.562. The van der Waals surface area contributed by atoms with E-state index in [0.717, 1.165) is 36.1 Å². The molecule has 0 fully saturated rings. The van der Waals surface area contributed by atoms with Crippen molar-refractivity contribution in [3.05, 3.63) is 30.1 Å². The fourth-order valence-electron chi connectivity index (χ4n) is 2.11. The van der Waals surface area contributed by atoms with Crippen LogP contribution in [0.25, 0.3) is 5.65 Å². The van der Waals surface area contributed by atoms with Crippen LogP contribution < -0.4 is 5.32 Å². The zero-order valence-electron chi connectivity index (χ0n) is 13.5. The van der Waals surface area contributed by atoms with Crippen molar-refractivity contribution >= 4 is 17.4 Å². The molecule has 0 aliphatic carbocycles. The Kier molecular flexibility index (Phi) is 6.08. The van der Waals surface area contributed by atoms with Crippen LogP contribution in [0.1, 0.15) is 19.5 Å². The minimum Gasteiger partial charge on any atom is -0.311 e. The van der Waals surface area contributed by atoms with Crippen LogP contribution in [0.3, 0.4) is 0 Å². The monoisotopic (exact) mass is 306 g/mol. The summed E-state index contributed by atoms with van der Waals surface area (Å²) in [5, 5.41) is 4.69. The lowest BCUT2D eigenvalue weighted by molar-refractivity contribution is 0.437. The molecule has 1 N–H and O–H groups in total. The lowest BCUT2D eigenvalue weighted by atomic mass is 10.2. The van der Waals surface area contributed by atoms with Gasteiger partial charge in [0.25, 0.3) is 0 Å². The molecule has 0 amide bonds. The van der Waals surface area contributed by atoms with E-state index in [1.165, 1.54) is 5.69 Å². The van der Waals surface area contributed by atoms with Gasteiger partial charge in [-0.05, 0) is 38.7 Å². The largest absolute Gasteiger partial charge is 0.311 e. The number of nitrogens with zero attached hydrogens (tertiary/aromatic N) is 3. The quantitative estimate of drug-likeness (QED) is 0.760. The van der Waals surface area contributed by atoms with Crippen LogP contribution in [-0.4, -0.2) is 47.2 Å². The molecule has 0 radical (unpaired) electrons. The number of nitrogens with one attached hydrogen (secondary N) is 1. The summed E-state index contributed by atoms with van der Waals surface area (Å²) in [6, 6.07) is 6.18. The third kappa shape index (κ3) is 4.73. The number of pyridine rings is 1. The van der Waals surface area contributed by atoms with Crippen molar-refractivity contribution in [2.45, 2.75) is 25.4 Å². The minimum absolute atomic E-state index is 0.661. The molecule has 0 atom stereocenters. The Morgan fingerprint density at radius 1 is 1.33 bits per heavy atom. The van der Waals surface area contributed by atoms with Crippen molar-refractivity contribution < 1.29 is 0 Å². The summed E-state index contributed by atoms with van der Waals surface area (Å²) in [4.78, 5) is 6.98. The summed E-state index contributed by atoms with van der Waals surface area (Å²) in [5.74, 6) is 1.72. The number of fused-ring (bicyclic) bond motifs is 1. The van der Waals surface area contributed by atoms with Crippen molar-refractivity contribution in [3.8, 4) is 0 Å². The molecule has 0 saturated carbocycles. The van der Waals surface area contributed by atoms with E-state index in [1.807, 2.05) is 17.8 Å². The van der Waals surface area contributed by atoms with Crippen molar-refractivity contribution in [1.82, 2.24) is 19.6 Å². The lowest BCUT2D eigenvalue weighted by Crippen LogP contribution is -2.20. The van der Waals surface area contributed by atoms with Gasteiger partial charge in [-0.3, -0.25) is 0 Å². The molecule has 5 heteroatoms. The predicted octanol–water partition coefficient (Wildman–Crippen LogP) is 2.73. The average molecular weight is 306 g/mol. The number of imidazole rings is 1. The Labute approximate surface area is 131 Å². The first-order chi connectivity index (χ1) is 10.1. The van der Waals surface area contributed by atoms with Gasteiger partial charge in [0.1, 0.15) is 10.7 Å². The molecule has 0 aliphatic heterocycles. The van der Waals surface area contributed by atoms with Crippen LogP contribution in [0.4, 0.5) is 0 Å². The van der Waals surface area contributed by atoms with Gasteiger partial charge in [0.05, 0.1) is 5.69 Å². The lowest BCUT2D eigenvalue weighted by Gasteiger charge is -2.10. The van der Waals surface area contributed by atoms with Crippen LogP contribution in [-0.2, 0) is 6.54 Å². The molecule has 2 aromatic rings. The molecule has 0 bridgehead atoms. The first-order valence-electron chi connectivity index (χ1n) is 7.52. The van der Waals surface area contributed by atoms with Gasteiger partial charge in [0.2, 0.25) is 0 Å². The fourth-order valence-corrected chi connectivity index (χ4v) is 3.25. The molecule has 0 unspecified atom stereocenters. The van der Waals surface area contributed by atoms with Gasteiger partial charge in [0, 0.05) is 25.0 Å². The van der Waals surface area contributed by atoms with Crippen molar-refractivity contribution in [3.63, 3.8) is 0 Å².